The smallest absolute Gasteiger partial charge is 0.660 e. The van der Waals surface area contributed by atoms with E-state index in [2.05, 4.69) is 0 Å². The first-order valence-corrected chi connectivity index (χ1v) is 12.5. The van der Waals surface area contributed by atoms with Gasteiger partial charge in [0.15, 0.2) is 0 Å². The van der Waals surface area contributed by atoms with Gasteiger partial charge in [0.2, 0.25) is 0 Å². The number of aliphatic imine (C=N–C) groups is 2. The molecular weight excluding hydrogens is 512 g/mol. The molecule has 3 aliphatic heterocycles. The van der Waals surface area contributed by atoms with Crippen LogP contribution in [0.25, 0.3) is 10.6 Å². The number of hydrogen-bond acceptors (Lipinski definition) is 4. The molecule has 0 N–H and O–H groups in total. The van der Waals surface area contributed by atoms with E-state index in [4.69, 9.17) is 30.1 Å². The van der Waals surface area contributed by atoms with Crippen LogP contribution in [0.5, 0.6) is 0 Å². The quantitative estimate of drug-likeness (QED) is 0.305. The molecule has 0 radical (unpaired) electrons. The summed E-state index contributed by atoms with van der Waals surface area (Å²) in [4.78, 5) is 9.43. The molecule has 2 saturated heterocycles. The summed E-state index contributed by atoms with van der Waals surface area (Å²) in [6.45, 7) is 13.5. The molecule has 5 rings (SSSR count). The second-order valence-corrected chi connectivity index (χ2v) is 8.64. The molecule has 2 fully saturated rings. The Morgan fingerprint density at radius 1 is 0.658 bits per heavy atom. The van der Waals surface area contributed by atoms with Crippen molar-refractivity contribution in [3.05, 3.63) is 95.9 Å². The number of nitrogens with zero attached hydrogens (tertiary/aromatic N) is 4. The molecule has 0 saturated carbocycles. The number of benzene rings is 2. The largest absolute Gasteiger partial charge is 2.00 e. The average Bonchev–Trinajstić information content (AvgIpc) is 3.60. The second kappa shape index (κ2) is 18.5. The molecule has 0 unspecified atom stereocenters. The number of allylic oxidation sites excluding steroid dienone is 4. The normalized spacial score (nSPS) is 16.5. The molecule has 0 spiro atoms. The number of rotatable bonds is 0. The van der Waals surface area contributed by atoms with Crippen LogP contribution in [0.2, 0.25) is 0 Å². The zero-order valence-corrected chi connectivity index (χ0v) is 23.5. The van der Waals surface area contributed by atoms with Gasteiger partial charge in [-0.15, -0.1) is 11.4 Å². The predicted octanol–water partition coefficient (Wildman–Crippen LogP) is 9.95. The summed E-state index contributed by atoms with van der Waals surface area (Å²) in [6.07, 6.45) is 8.69. The van der Waals surface area contributed by atoms with E-state index >= 15 is 0 Å². The van der Waals surface area contributed by atoms with Crippen molar-refractivity contribution in [1.29, 1.82) is 0 Å². The number of ether oxygens (including phenoxy) is 2. The second-order valence-electron chi connectivity index (χ2n) is 8.64. The number of fused-ring (bicyclic) bond motifs is 2. The Balaban J connectivity index is 0.000000501. The molecule has 204 valence electrons. The molecular formula is C31H40CrN4O2-2. The van der Waals surface area contributed by atoms with E-state index in [-0.39, 0.29) is 24.8 Å². The molecule has 38 heavy (non-hydrogen) atoms. The van der Waals surface area contributed by atoms with Gasteiger partial charge in [-0.1, -0.05) is 82.7 Å². The first-order valence-electron chi connectivity index (χ1n) is 12.5. The van der Waals surface area contributed by atoms with Gasteiger partial charge in [-0.2, -0.15) is 24.2 Å². The van der Waals surface area contributed by atoms with Crippen LogP contribution in [-0.2, 0) is 26.8 Å². The third-order valence-corrected chi connectivity index (χ3v) is 5.19. The zero-order chi connectivity index (χ0) is 25.6. The van der Waals surface area contributed by atoms with Crippen molar-refractivity contribution in [2.45, 2.75) is 60.8 Å². The Hall–Kier alpha value is -2.69. The summed E-state index contributed by atoms with van der Waals surface area (Å²) in [5.41, 5.74) is 6.88. The van der Waals surface area contributed by atoms with E-state index < -0.39 is 0 Å². The minimum absolute atomic E-state index is 0. The minimum Gasteiger partial charge on any atom is -0.660 e. The molecule has 0 bridgehead atoms. The van der Waals surface area contributed by atoms with Gasteiger partial charge >= 0.3 is 17.4 Å². The van der Waals surface area contributed by atoms with Crippen molar-refractivity contribution in [1.82, 2.24) is 0 Å². The summed E-state index contributed by atoms with van der Waals surface area (Å²) >= 11 is 0. The van der Waals surface area contributed by atoms with Gasteiger partial charge in [-0.3, -0.25) is 9.98 Å². The van der Waals surface area contributed by atoms with Crippen LogP contribution in [0, 0.1) is 13.2 Å². The number of para-hydroxylation sites is 4. The Bertz CT molecular complexity index is 998. The minimum atomic E-state index is 0. The molecule has 6 nitrogen and oxygen atoms in total. The maximum absolute atomic E-state index is 4.82. The van der Waals surface area contributed by atoms with E-state index in [1.54, 1.807) is 0 Å². The Morgan fingerprint density at radius 2 is 1.05 bits per heavy atom. The summed E-state index contributed by atoms with van der Waals surface area (Å²) in [7, 11) is 0. The van der Waals surface area contributed by atoms with Crippen LogP contribution in [0.3, 0.4) is 0 Å². The van der Waals surface area contributed by atoms with E-state index in [0.717, 1.165) is 71.6 Å². The topological polar surface area (TPSA) is 71.4 Å². The average molecular weight is 553 g/mol. The van der Waals surface area contributed by atoms with Crippen molar-refractivity contribution < 1.29 is 26.8 Å². The monoisotopic (exact) mass is 552 g/mol. The van der Waals surface area contributed by atoms with Gasteiger partial charge in [-0.25, -0.2) is 13.2 Å². The molecule has 0 amide bonds. The fourth-order valence-corrected chi connectivity index (χ4v) is 3.63. The van der Waals surface area contributed by atoms with Crippen LogP contribution < -0.4 is 0 Å². The Labute approximate surface area is 240 Å². The van der Waals surface area contributed by atoms with Crippen LogP contribution >= 0.6 is 0 Å². The van der Waals surface area contributed by atoms with E-state index in [0.29, 0.717) is 0 Å². The summed E-state index contributed by atoms with van der Waals surface area (Å²) in [5, 5.41) is 9.43. The van der Waals surface area contributed by atoms with Gasteiger partial charge in [0.1, 0.15) is 0 Å². The third kappa shape index (κ3) is 12.2. The zero-order valence-electron chi connectivity index (χ0n) is 22.2. The van der Waals surface area contributed by atoms with E-state index in [1.165, 1.54) is 12.8 Å². The molecule has 7 heteroatoms. The van der Waals surface area contributed by atoms with Crippen molar-refractivity contribution in [2.24, 2.45) is 9.98 Å². The molecule has 0 aliphatic carbocycles. The summed E-state index contributed by atoms with van der Waals surface area (Å²) in [5.74, 6) is 0. The summed E-state index contributed by atoms with van der Waals surface area (Å²) < 4.78 is 9.64. The van der Waals surface area contributed by atoms with Crippen LogP contribution in [0.4, 0.5) is 22.7 Å². The fraction of sp³-hybridized carbons (Fsp3) is 0.355. The van der Waals surface area contributed by atoms with E-state index in [9.17, 15) is 0 Å². The van der Waals surface area contributed by atoms with Crippen molar-refractivity contribution in [2.75, 3.05) is 13.2 Å². The fourth-order valence-electron chi connectivity index (χ4n) is 3.63. The van der Waals surface area contributed by atoms with Crippen molar-refractivity contribution in [3.63, 3.8) is 0 Å². The van der Waals surface area contributed by atoms with Crippen LogP contribution in [0.15, 0.2) is 82.1 Å². The standard InChI is InChI=1S/C22H22N4.2C4H7O.CH4.Cr/c1-15-13-16(2)24-21-11-7-8-12-22(21)26-18(4)14-17(3)25-20-10-6-5-9-19(20)23-15;2*1-2-4-5-3-1;;/h5-14H,1-4H3;2*3H,1-2,4H2;1H4;/q-2;2*-1;;+2. The molecule has 3 heterocycles. The van der Waals surface area contributed by atoms with Gasteiger partial charge < -0.3 is 20.1 Å². The van der Waals surface area contributed by atoms with Crippen LogP contribution in [-0.4, -0.2) is 24.6 Å². The Kier molecular flexibility index (Phi) is 16.3. The number of hydrogen-bond donors (Lipinski definition) is 0. The van der Waals surface area contributed by atoms with Gasteiger partial charge in [0.05, 0.1) is 0 Å². The molecule has 2 aromatic rings. The van der Waals surface area contributed by atoms with Crippen molar-refractivity contribution >= 4 is 34.2 Å². The maximum Gasteiger partial charge on any atom is 2.00 e. The van der Waals surface area contributed by atoms with Gasteiger partial charge in [-0.05, 0) is 26.0 Å². The molecule has 0 atom stereocenters. The predicted molar refractivity (Wildman–Crippen MR) is 158 cm³/mol. The Morgan fingerprint density at radius 3 is 1.37 bits per heavy atom. The maximum atomic E-state index is 4.82. The SMILES string of the molecule is C.CC1=CC(C)=Nc2ccccc2[N-]C(C)=CC(C)=Nc2ccccc2[N-]1.[CH-]1CCCO1.[CH-]1CCCO1.[Cr+2]. The summed E-state index contributed by atoms with van der Waals surface area (Å²) in [6, 6.07) is 15.8. The molecule has 0 aromatic heterocycles. The van der Waals surface area contributed by atoms with Gasteiger partial charge in [0, 0.05) is 36.0 Å². The van der Waals surface area contributed by atoms with Crippen molar-refractivity contribution in [3.8, 4) is 0 Å². The van der Waals surface area contributed by atoms with Crippen LogP contribution in [0.1, 0.15) is 60.8 Å². The first kappa shape index (κ1) is 33.3. The first-order chi connectivity index (χ1) is 17.5. The van der Waals surface area contributed by atoms with E-state index in [1.807, 2.05) is 102 Å². The third-order valence-electron chi connectivity index (χ3n) is 5.19. The molecule has 2 aromatic carbocycles. The molecule has 3 aliphatic rings. The van der Waals surface area contributed by atoms with Gasteiger partial charge in [0.25, 0.3) is 0 Å².